The van der Waals surface area contributed by atoms with Crippen molar-refractivity contribution in [3.8, 4) is 11.8 Å². The van der Waals surface area contributed by atoms with E-state index in [1.165, 1.54) is 0 Å². The van der Waals surface area contributed by atoms with Gasteiger partial charge in [0.15, 0.2) is 0 Å². The molecular weight excluding hydrogens is 253 g/mol. The minimum absolute atomic E-state index is 0.201. The standard InChI is InChI=1S/C15H14BNO3/c1-11-6-7-15(14(8-11)16(18)19)20-10-13-5-3-2-4-12(13)9-17/h2-8,18-19H,10H2,1H3. The lowest BCUT2D eigenvalue weighted by Crippen LogP contribution is -2.31. The molecule has 0 radical (unpaired) electrons. The summed E-state index contributed by atoms with van der Waals surface area (Å²) in [5.41, 5.74) is 2.54. The van der Waals surface area contributed by atoms with Crippen LogP contribution in [0.3, 0.4) is 0 Å². The highest BCUT2D eigenvalue weighted by Gasteiger charge is 2.17. The molecule has 0 atom stereocenters. The van der Waals surface area contributed by atoms with Crippen molar-refractivity contribution in [3.05, 3.63) is 59.2 Å². The molecular formula is C15H14BNO3. The Balaban J connectivity index is 2.21. The molecule has 0 aliphatic rings. The van der Waals surface area contributed by atoms with E-state index in [1.807, 2.05) is 25.1 Å². The van der Waals surface area contributed by atoms with Crippen LogP contribution in [-0.2, 0) is 6.61 Å². The molecule has 0 amide bonds. The molecule has 2 N–H and O–H groups in total. The van der Waals surface area contributed by atoms with Gasteiger partial charge in [-0.05, 0) is 19.1 Å². The molecule has 0 saturated heterocycles. The lowest BCUT2D eigenvalue weighted by Gasteiger charge is -2.12. The monoisotopic (exact) mass is 267 g/mol. The summed E-state index contributed by atoms with van der Waals surface area (Å²) in [5.74, 6) is 0.401. The Morgan fingerprint density at radius 2 is 1.95 bits per heavy atom. The summed E-state index contributed by atoms with van der Waals surface area (Å²) >= 11 is 0. The van der Waals surface area contributed by atoms with Gasteiger partial charge in [0.05, 0.1) is 11.6 Å². The largest absolute Gasteiger partial charge is 0.492 e. The van der Waals surface area contributed by atoms with Crippen molar-refractivity contribution in [2.45, 2.75) is 13.5 Å². The highest BCUT2D eigenvalue weighted by molar-refractivity contribution is 6.59. The summed E-state index contributed by atoms with van der Waals surface area (Å²) < 4.78 is 5.61. The molecule has 0 aliphatic carbocycles. The molecule has 2 aromatic rings. The van der Waals surface area contributed by atoms with E-state index in [0.717, 1.165) is 11.1 Å². The highest BCUT2D eigenvalue weighted by atomic mass is 16.5. The quantitative estimate of drug-likeness (QED) is 0.814. The van der Waals surface area contributed by atoms with Gasteiger partial charge in [-0.25, -0.2) is 0 Å². The van der Waals surface area contributed by atoms with Gasteiger partial charge in [-0.15, -0.1) is 0 Å². The van der Waals surface area contributed by atoms with Crippen LogP contribution in [0.25, 0.3) is 0 Å². The fraction of sp³-hybridized carbons (Fsp3) is 0.133. The topological polar surface area (TPSA) is 73.5 Å². The number of rotatable bonds is 4. The van der Waals surface area contributed by atoms with Crippen molar-refractivity contribution in [1.82, 2.24) is 0 Å². The lowest BCUT2D eigenvalue weighted by molar-refractivity contribution is 0.306. The molecule has 100 valence electrons. The van der Waals surface area contributed by atoms with Crippen molar-refractivity contribution < 1.29 is 14.8 Å². The molecule has 0 bridgehead atoms. The van der Waals surface area contributed by atoms with Gasteiger partial charge in [-0.3, -0.25) is 0 Å². The second-order valence-electron chi connectivity index (χ2n) is 4.47. The van der Waals surface area contributed by atoms with Gasteiger partial charge in [0.25, 0.3) is 0 Å². The summed E-state index contributed by atoms with van der Waals surface area (Å²) in [4.78, 5) is 0. The average Bonchev–Trinajstić information content (AvgIpc) is 2.46. The summed E-state index contributed by atoms with van der Waals surface area (Å²) in [5, 5.41) is 27.7. The third-order valence-corrected chi connectivity index (χ3v) is 2.96. The number of benzene rings is 2. The Kier molecular flexibility index (Phi) is 4.41. The molecule has 0 unspecified atom stereocenters. The Morgan fingerprint density at radius 1 is 1.20 bits per heavy atom. The van der Waals surface area contributed by atoms with Crippen LogP contribution in [0.1, 0.15) is 16.7 Å². The second kappa shape index (κ2) is 6.24. The van der Waals surface area contributed by atoms with Crippen molar-refractivity contribution in [2.75, 3.05) is 0 Å². The number of hydrogen-bond donors (Lipinski definition) is 2. The van der Waals surface area contributed by atoms with Gasteiger partial charge >= 0.3 is 7.12 Å². The minimum atomic E-state index is -1.59. The molecule has 0 spiro atoms. The first-order valence-electron chi connectivity index (χ1n) is 6.19. The Bertz CT molecular complexity index is 650. The van der Waals surface area contributed by atoms with Crippen LogP contribution in [0.5, 0.6) is 5.75 Å². The van der Waals surface area contributed by atoms with Crippen LogP contribution in [-0.4, -0.2) is 17.2 Å². The maximum absolute atomic E-state index is 9.35. The number of aryl methyl sites for hydroxylation is 1. The number of hydrogen-bond acceptors (Lipinski definition) is 4. The van der Waals surface area contributed by atoms with Crippen LogP contribution in [0.15, 0.2) is 42.5 Å². The molecule has 0 saturated carbocycles. The zero-order valence-electron chi connectivity index (χ0n) is 11.1. The fourth-order valence-corrected chi connectivity index (χ4v) is 1.91. The van der Waals surface area contributed by atoms with E-state index < -0.39 is 7.12 Å². The predicted octanol–water partition coefficient (Wildman–Crippen LogP) is 1.13. The van der Waals surface area contributed by atoms with Crippen LogP contribution in [0.4, 0.5) is 0 Å². The Morgan fingerprint density at radius 3 is 2.65 bits per heavy atom. The zero-order valence-corrected chi connectivity index (χ0v) is 11.1. The highest BCUT2D eigenvalue weighted by Crippen LogP contribution is 2.14. The first kappa shape index (κ1) is 14.1. The number of nitriles is 1. The van der Waals surface area contributed by atoms with Crippen molar-refractivity contribution in [1.29, 1.82) is 5.26 Å². The molecule has 0 aliphatic heterocycles. The number of ether oxygens (including phenoxy) is 1. The Hall–Kier alpha value is -2.29. The normalized spacial score (nSPS) is 9.90. The van der Waals surface area contributed by atoms with E-state index in [9.17, 15) is 10.0 Å². The van der Waals surface area contributed by atoms with Crippen molar-refractivity contribution in [2.24, 2.45) is 0 Å². The fourth-order valence-electron chi connectivity index (χ4n) is 1.91. The van der Waals surface area contributed by atoms with Crippen LogP contribution < -0.4 is 10.2 Å². The van der Waals surface area contributed by atoms with Gasteiger partial charge in [-0.2, -0.15) is 5.26 Å². The zero-order chi connectivity index (χ0) is 14.5. The molecule has 4 nitrogen and oxygen atoms in total. The predicted molar refractivity (Wildman–Crippen MR) is 76.5 cm³/mol. The summed E-state index contributed by atoms with van der Waals surface area (Å²) in [6.45, 7) is 2.06. The van der Waals surface area contributed by atoms with Crippen LogP contribution in [0.2, 0.25) is 0 Å². The molecule has 2 rings (SSSR count). The lowest BCUT2D eigenvalue weighted by atomic mass is 9.79. The maximum atomic E-state index is 9.35. The first-order chi connectivity index (χ1) is 9.61. The SMILES string of the molecule is Cc1ccc(OCc2ccccc2C#N)c(B(O)O)c1. The third-order valence-electron chi connectivity index (χ3n) is 2.96. The van der Waals surface area contributed by atoms with Gasteiger partial charge in [0, 0.05) is 11.0 Å². The molecule has 0 heterocycles. The van der Waals surface area contributed by atoms with E-state index in [0.29, 0.717) is 16.8 Å². The van der Waals surface area contributed by atoms with Crippen molar-refractivity contribution >= 4 is 12.6 Å². The molecule has 0 fully saturated rings. The van der Waals surface area contributed by atoms with E-state index in [1.54, 1.807) is 24.3 Å². The average molecular weight is 267 g/mol. The van der Waals surface area contributed by atoms with Crippen LogP contribution >= 0.6 is 0 Å². The third kappa shape index (κ3) is 3.18. The van der Waals surface area contributed by atoms with Gasteiger partial charge in [-0.1, -0.05) is 35.9 Å². The summed E-state index contributed by atoms with van der Waals surface area (Å²) in [6, 6.07) is 14.4. The molecule has 5 heteroatoms. The van der Waals surface area contributed by atoms with Gasteiger partial charge in [0.1, 0.15) is 12.4 Å². The summed E-state index contributed by atoms with van der Waals surface area (Å²) in [6.07, 6.45) is 0. The maximum Gasteiger partial charge on any atom is 0.492 e. The summed E-state index contributed by atoms with van der Waals surface area (Å²) in [7, 11) is -1.59. The Labute approximate surface area is 118 Å². The van der Waals surface area contributed by atoms with E-state index in [-0.39, 0.29) is 6.61 Å². The smallest absolute Gasteiger partial charge is 0.489 e. The molecule has 20 heavy (non-hydrogen) atoms. The molecule has 0 aromatic heterocycles. The van der Waals surface area contributed by atoms with E-state index in [2.05, 4.69) is 6.07 Å². The van der Waals surface area contributed by atoms with E-state index in [4.69, 9.17) is 10.00 Å². The van der Waals surface area contributed by atoms with Crippen LogP contribution in [0, 0.1) is 18.3 Å². The second-order valence-corrected chi connectivity index (χ2v) is 4.47. The van der Waals surface area contributed by atoms with Gasteiger partial charge in [0.2, 0.25) is 0 Å². The van der Waals surface area contributed by atoms with E-state index >= 15 is 0 Å². The molecule has 2 aromatic carbocycles. The van der Waals surface area contributed by atoms with Gasteiger partial charge < -0.3 is 14.8 Å². The minimum Gasteiger partial charge on any atom is -0.489 e. The van der Waals surface area contributed by atoms with Crippen molar-refractivity contribution in [3.63, 3.8) is 0 Å². The first-order valence-corrected chi connectivity index (χ1v) is 6.19. The number of nitrogens with zero attached hydrogens (tertiary/aromatic N) is 1.